The average molecular weight is 607 g/mol. The van der Waals surface area contributed by atoms with Crippen LogP contribution in [0.2, 0.25) is 10.0 Å². The number of rotatable bonds is 6. The fourth-order valence-electron chi connectivity index (χ4n) is 6.62. The number of hydrogen-bond donors (Lipinski definition) is 2. The van der Waals surface area contributed by atoms with Crippen molar-refractivity contribution in [1.29, 1.82) is 5.26 Å². The average Bonchev–Trinajstić information content (AvgIpc) is 3.22. The van der Waals surface area contributed by atoms with Gasteiger partial charge in [0.25, 0.3) is 0 Å². The highest BCUT2D eigenvalue weighted by atomic mass is 35.5. The largest absolute Gasteiger partial charge is 0.481 e. The molecule has 1 saturated carbocycles. The van der Waals surface area contributed by atoms with Crippen LogP contribution in [0.1, 0.15) is 70.0 Å². The van der Waals surface area contributed by atoms with Crippen LogP contribution in [0, 0.1) is 46.1 Å². The number of hydrogen-bond acceptors (Lipinski definition) is 3. The van der Waals surface area contributed by atoms with Gasteiger partial charge < -0.3 is 15.3 Å². The van der Waals surface area contributed by atoms with Crippen molar-refractivity contribution in [2.75, 3.05) is 13.1 Å². The third-order valence-corrected chi connectivity index (χ3v) is 9.03. The summed E-state index contributed by atoms with van der Waals surface area (Å²) in [7, 11) is 0. The Balaban J connectivity index is 1.78. The molecule has 2 aliphatic rings. The molecule has 0 spiro atoms. The molecule has 0 radical (unpaired) electrons. The van der Waals surface area contributed by atoms with E-state index in [1.807, 2.05) is 20.8 Å². The van der Waals surface area contributed by atoms with Crippen LogP contribution in [0.4, 0.5) is 13.6 Å². The molecule has 1 aliphatic heterocycles. The van der Waals surface area contributed by atoms with Crippen LogP contribution >= 0.6 is 23.2 Å². The van der Waals surface area contributed by atoms with Gasteiger partial charge in [0.2, 0.25) is 0 Å². The van der Waals surface area contributed by atoms with Gasteiger partial charge in [0.1, 0.15) is 17.0 Å². The van der Waals surface area contributed by atoms with Gasteiger partial charge in [0, 0.05) is 35.2 Å². The molecule has 6 nitrogen and oxygen atoms in total. The maximum atomic E-state index is 15.7. The molecule has 2 amide bonds. The van der Waals surface area contributed by atoms with E-state index in [2.05, 4.69) is 11.4 Å². The Hall–Kier alpha value is -2.89. The molecular weight excluding hydrogens is 571 g/mol. The molecule has 220 valence electrons. The van der Waals surface area contributed by atoms with Crippen LogP contribution in [0.25, 0.3) is 0 Å². The number of carboxylic acid groups (broad SMARTS) is 1. The van der Waals surface area contributed by atoms with Crippen LogP contribution in [-0.4, -0.2) is 35.1 Å². The third-order valence-electron chi connectivity index (χ3n) is 8.50. The fraction of sp³-hybridized carbons (Fsp3) is 0.516. The topological polar surface area (TPSA) is 93.4 Å². The number of carboxylic acids is 1. The zero-order chi connectivity index (χ0) is 30.1. The number of urea groups is 1. The predicted octanol–water partition coefficient (Wildman–Crippen LogP) is 7.74. The van der Waals surface area contributed by atoms with Crippen molar-refractivity contribution in [2.24, 2.45) is 23.2 Å². The van der Waals surface area contributed by atoms with E-state index in [-0.39, 0.29) is 45.0 Å². The molecule has 10 heteroatoms. The monoisotopic (exact) mass is 605 g/mol. The molecule has 0 unspecified atom stereocenters. The minimum atomic E-state index is -1.65. The number of carbonyl (C=O) groups excluding carboxylic acids is 1. The zero-order valence-electron chi connectivity index (χ0n) is 23.4. The van der Waals surface area contributed by atoms with E-state index < -0.39 is 41.0 Å². The highest BCUT2D eigenvalue weighted by molar-refractivity contribution is 6.31. The smallest absolute Gasteiger partial charge is 0.318 e. The van der Waals surface area contributed by atoms with Gasteiger partial charge in [-0.1, -0.05) is 62.2 Å². The van der Waals surface area contributed by atoms with Gasteiger partial charge in [0.15, 0.2) is 0 Å². The summed E-state index contributed by atoms with van der Waals surface area (Å²) in [5.74, 6) is -3.11. The molecule has 2 aromatic rings. The standard InChI is InChI=1S/C31H35Cl2F2N3O3/c1-30(2,3)14-20-16-38(29(41)37-15-18-7-9-19(10-8-18)28(39)40)27(22-5-4-6-24(33)26(22)35)31(20,17-36)23-12-11-21(32)13-25(23)34/h4-6,11-13,18-20,27H,7-10,14-16H2,1-3H3,(H,37,41)(H,39,40)/t18?,19?,20-,27-,31-/m1/s1. The van der Waals surface area contributed by atoms with Crippen molar-refractivity contribution < 1.29 is 23.5 Å². The van der Waals surface area contributed by atoms with E-state index in [0.717, 1.165) is 6.07 Å². The lowest BCUT2D eigenvalue weighted by Crippen LogP contribution is -2.45. The summed E-state index contributed by atoms with van der Waals surface area (Å²) >= 11 is 12.3. The lowest BCUT2D eigenvalue weighted by atomic mass is 9.63. The number of aliphatic carboxylic acids is 1. The second-order valence-corrected chi connectivity index (χ2v) is 13.4. The van der Waals surface area contributed by atoms with Gasteiger partial charge in [-0.2, -0.15) is 5.26 Å². The van der Waals surface area contributed by atoms with E-state index in [0.29, 0.717) is 38.6 Å². The summed E-state index contributed by atoms with van der Waals surface area (Å²) in [5.41, 5.74) is -1.88. The first-order valence-corrected chi connectivity index (χ1v) is 14.6. The van der Waals surface area contributed by atoms with Crippen molar-refractivity contribution in [2.45, 2.75) is 64.3 Å². The van der Waals surface area contributed by atoms with Crippen molar-refractivity contribution >= 4 is 35.2 Å². The molecular formula is C31H35Cl2F2N3O3. The number of nitrogens with zero attached hydrogens (tertiary/aromatic N) is 2. The summed E-state index contributed by atoms with van der Waals surface area (Å²) in [6.07, 6.45) is 2.85. The Morgan fingerprint density at radius 1 is 1.15 bits per heavy atom. The lowest BCUT2D eigenvalue weighted by Gasteiger charge is -2.38. The van der Waals surface area contributed by atoms with Crippen LogP contribution in [-0.2, 0) is 10.2 Å². The van der Waals surface area contributed by atoms with Gasteiger partial charge in [-0.15, -0.1) is 0 Å². The first-order valence-electron chi connectivity index (χ1n) is 13.9. The first-order chi connectivity index (χ1) is 19.3. The Kier molecular flexibility index (Phi) is 9.20. The van der Waals surface area contributed by atoms with E-state index in [4.69, 9.17) is 23.2 Å². The van der Waals surface area contributed by atoms with Crippen LogP contribution in [0.3, 0.4) is 0 Å². The molecule has 4 rings (SSSR count). The Bertz CT molecular complexity index is 1350. The van der Waals surface area contributed by atoms with Gasteiger partial charge in [0.05, 0.1) is 23.1 Å². The lowest BCUT2D eigenvalue weighted by molar-refractivity contribution is -0.143. The molecule has 0 aromatic heterocycles. The summed E-state index contributed by atoms with van der Waals surface area (Å²) in [6, 6.07) is 9.17. The molecule has 2 fully saturated rings. The summed E-state index contributed by atoms with van der Waals surface area (Å²) < 4.78 is 31.4. The second kappa shape index (κ2) is 12.1. The second-order valence-electron chi connectivity index (χ2n) is 12.5. The van der Waals surface area contributed by atoms with Crippen LogP contribution in [0.15, 0.2) is 36.4 Å². The normalized spacial score (nSPS) is 26.4. The predicted molar refractivity (Wildman–Crippen MR) is 154 cm³/mol. The van der Waals surface area contributed by atoms with Gasteiger partial charge >= 0.3 is 12.0 Å². The van der Waals surface area contributed by atoms with Crippen LogP contribution < -0.4 is 5.32 Å². The number of benzene rings is 2. The van der Waals surface area contributed by atoms with E-state index in [9.17, 15) is 20.0 Å². The fourth-order valence-corrected chi connectivity index (χ4v) is 6.96. The SMILES string of the molecule is CC(C)(C)C[C@@H]1CN(C(=O)NCC2CCC(C(=O)O)CC2)[C@H](c2cccc(Cl)c2F)[C@@]1(C#N)c1ccc(Cl)cc1F. The number of nitrogens with one attached hydrogen (secondary N) is 1. The first kappa shape index (κ1) is 31.1. The third kappa shape index (κ3) is 6.32. The maximum absolute atomic E-state index is 15.7. The quantitative estimate of drug-likeness (QED) is 0.352. The highest BCUT2D eigenvalue weighted by Gasteiger charge is 2.60. The Labute approximate surface area is 249 Å². The number of carbonyl (C=O) groups is 2. The number of amides is 2. The molecule has 0 bridgehead atoms. The Morgan fingerprint density at radius 3 is 2.41 bits per heavy atom. The van der Waals surface area contributed by atoms with Gasteiger partial charge in [-0.3, -0.25) is 4.79 Å². The summed E-state index contributed by atoms with van der Waals surface area (Å²) in [6.45, 7) is 6.39. The van der Waals surface area contributed by atoms with Crippen molar-refractivity contribution in [1.82, 2.24) is 10.2 Å². The van der Waals surface area contributed by atoms with E-state index in [1.165, 1.54) is 29.2 Å². The molecule has 1 aliphatic carbocycles. The molecule has 2 N–H and O–H groups in total. The minimum absolute atomic E-state index is 0.0296. The number of halogens is 4. The number of likely N-dealkylation sites (tertiary alicyclic amines) is 1. The molecule has 2 aromatic carbocycles. The van der Waals surface area contributed by atoms with E-state index in [1.54, 1.807) is 6.07 Å². The Morgan fingerprint density at radius 2 is 1.83 bits per heavy atom. The summed E-state index contributed by atoms with van der Waals surface area (Å²) in [5, 5.41) is 23.2. The van der Waals surface area contributed by atoms with E-state index >= 15 is 8.78 Å². The van der Waals surface area contributed by atoms with Crippen LogP contribution in [0.5, 0.6) is 0 Å². The summed E-state index contributed by atoms with van der Waals surface area (Å²) in [4.78, 5) is 26.6. The van der Waals surface area contributed by atoms with Crippen molar-refractivity contribution in [3.05, 3.63) is 69.2 Å². The number of nitriles is 1. The van der Waals surface area contributed by atoms with Crippen molar-refractivity contribution in [3.63, 3.8) is 0 Å². The minimum Gasteiger partial charge on any atom is -0.481 e. The highest BCUT2D eigenvalue weighted by Crippen LogP contribution is 2.56. The molecule has 1 saturated heterocycles. The molecule has 3 atom stereocenters. The van der Waals surface area contributed by atoms with Crippen molar-refractivity contribution in [3.8, 4) is 6.07 Å². The molecule has 1 heterocycles. The van der Waals surface area contributed by atoms with Gasteiger partial charge in [-0.05, 0) is 61.6 Å². The molecule has 41 heavy (non-hydrogen) atoms. The van der Waals surface area contributed by atoms with Gasteiger partial charge in [-0.25, -0.2) is 13.6 Å². The zero-order valence-corrected chi connectivity index (χ0v) is 24.9. The maximum Gasteiger partial charge on any atom is 0.318 e.